The molecular formula is C25H25FN4O4. The summed E-state index contributed by atoms with van der Waals surface area (Å²) in [7, 11) is 0. The van der Waals surface area contributed by atoms with Crippen LogP contribution in [0.25, 0.3) is 0 Å². The molecule has 0 N–H and O–H groups in total. The van der Waals surface area contributed by atoms with Crippen LogP contribution < -0.4 is 0 Å². The number of fused-ring (bicyclic) bond motifs is 1. The minimum Gasteiger partial charge on any atom is -0.348 e. The zero-order chi connectivity index (χ0) is 24.2. The Labute approximate surface area is 196 Å². The molecular weight excluding hydrogens is 439 g/mol. The van der Waals surface area contributed by atoms with E-state index in [2.05, 4.69) is 0 Å². The Bertz CT molecular complexity index is 1220. The fourth-order valence-electron chi connectivity index (χ4n) is 4.39. The third-order valence-corrected chi connectivity index (χ3v) is 5.93. The highest BCUT2D eigenvalue weighted by molar-refractivity contribution is 5.97. The Morgan fingerprint density at radius 3 is 2.65 bits per heavy atom. The van der Waals surface area contributed by atoms with Gasteiger partial charge in [0.1, 0.15) is 12.4 Å². The molecule has 0 fully saturated rings. The summed E-state index contributed by atoms with van der Waals surface area (Å²) in [6.07, 6.45) is 2.54. The number of carbonyl (C=O) groups is 2. The average Bonchev–Trinajstić information content (AvgIpc) is 3.31. The maximum atomic E-state index is 14.0. The van der Waals surface area contributed by atoms with Crippen LogP contribution in [-0.4, -0.2) is 50.7 Å². The molecule has 2 amide bonds. The second-order valence-electron chi connectivity index (χ2n) is 8.21. The van der Waals surface area contributed by atoms with Crippen molar-refractivity contribution in [1.82, 2.24) is 14.4 Å². The van der Waals surface area contributed by atoms with Crippen molar-refractivity contribution in [3.63, 3.8) is 0 Å². The first kappa shape index (κ1) is 23.2. The lowest BCUT2D eigenvalue weighted by molar-refractivity contribution is -0.384. The van der Waals surface area contributed by atoms with Gasteiger partial charge in [-0.3, -0.25) is 19.7 Å². The van der Waals surface area contributed by atoms with Crippen LogP contribution in [0.15, 0.2) is 66.9 Å². The molecule has 0 spiro atoms. The molecule has 2 heterocycles. The number of benzene rings is 2. The normalized spacial score (nSPS) is 15.0. The second kappa shape index (κ2) is 9.86. The molecule has 1 aliphatic heterocycles. The van der Waals surface area contributed by atoms with Crippen molar-refractivity contribution in [2.45, 2.75) is 25.9 Å². The summed E-state index contributed by atoms with van der Waals surface area (Å²) in [5.74, 6) is -1.10. The predicted octanol–water partition coefficient (Wildman–Crippen LogP) is 4.02. The van der Waals surface area contributed by atoms with E-state index in [0.29, 0.717) is 31.6 Å². The third-order valence-electron chi connectivity index (χ3n) is 5.93. The van der Waals surface area contributed by atoms with Crippen molar-refractivity contribution in [3.8, 4) is 0 Å². The minimum atomic E-state index is -0.557. The Balaban J connectivity index is 1.61. The van der Waals surface area contributed by atoms with Gasteiger partial charge in [0.2, 0.25) is 5.91 Å². The molecule has 1 aromatic heterocycles. The van der Waals surface area contributed by atoms with Gasteiger partial charge in [-0.25, -0.2) is 4.39 Å². The van der Waals surface area contributed by atoms with Gasteiger partial charge in [-0.1, -0.05) is 25.1 Å². The van der Waals surface area contributed by atoms with Crippen LogP contribution in [0.2, 0.25) is 0 Å². The number of hydrogen-bond acceptors (Lipinski definition) is 4. The largest absolute Gasteiger partial charge is 0.348 e. The van der Waals surface area contributed by atoms with Gasteiger partial charge in [0.25, 0.3) is 11.6 Å². The first-order valence-electron chi connectivity index (χ1n) is 11.1. The number of hydrogen-bond donors (Lipinski definition) is 0. The molecule has 1 unspecified atom stereocenters. The number of nitro groups is 1. The highest BCUT2D eigenvalue weighted by atomic mass is 19.1. The van der Waals surface area contributed by atoms with Crippen LogP contribution in [-0.2, 0) is 11.3 Å². The van der Waals surface area contributed by atoms with Crippen LogP contribution in [0.5, 0.6) is 0 Å². The van der Waals surface area contributed by atoms with E-state index in [1.807, 2.05) is 29.8 Å². The van der Waals surface area contributed by atoms with Crippen molar-refractivity contribution >= 4 is 17.5 Å². The lowest BCUT2D eigenvalue weighted by atomic mass is 9.99. The fourth-order valence-corrected chi connectivity index (χ4v) is 4.39. The van der Waals surface area contributed by atoms with E-state index >= 15 is 0 Å². The standard InChI is InChI=1S/C25H25FN4O4/c1-2-11-28(25(32)19-7-4-9-21(16-19)30(33)34)17-23(31)29-14-13-27-12-5-10-22(27)24(29)18-6-3-8-20(26)15-18/h3-10,12,15-16,24H,2,11,13-14,17H2,1H3. The number of aromatic nitrogens is 1. The topological polar surface area (TPSA) is 88.7 Å². The van der Waals surface area contributed by atoms with Gasteiger partial charge in [-0.2, -0.15) is 0 Å². The Morgan fingerprint density at radius 1 is 1.12 bits per heavy atom. The summed E-state index contributed by atoms with van der Waals surface area (Å²) in [5, 5.41) is 11.1. The van der Waals surface area contributed by atoms with Crippen LogP contribution in [0.3, 0.4) is 0 Å². The summed E-state index contributed by atoms with van der Waals surface area (Å²) >= 11 is 0. The smallest absolute Gasteiger partial charge is 0.270 e. The van der Waals surface area contributed by atoms with Gasteiger partial charge in [0.15, 0.2) is 0 Å². The summed E-state index contributed by atoms with van der Waals surface area (Å²) in [6.45, 7) is 3.03. The number of amides is 2. The molecule has 8 nitrogen and oxygen atoms in total. The predicted molar refractivity (Wildman–Crippen MR) is 124 cm³/mol. The van der Waals surface area contributed by atoms with Crippen LogP contribution in [0, 0.1) is 15.9 Å². The molecule has 0 saturated carbocycles. The quantitative estimate of drug-likeness (QED) is 0.390. The Morgan fingerprint density at radius 2 is 1.91 bits per heavy atom. The highest BCUT2D eigenvalue weighted by Gasteiger charge is 2.33. The van der Waals surface area contributed by atoms with Gasteiger partial charge >= 0.3 is 0 Å². The van der Waals surface area contributed by atoms with E-state index in [1.165, 1.54) is 41.3 Å². The summed E-state index contributed by atoms with van der Waals surface area (Å²) in [6, 6.07) is 15.0. The van der Waals surface area contributed by atoms with Gasteiger partial charge < -0.3 is 14.4 Å². The SMILES string of the molecule is CCCN(CC(=O)N1CCn2cccc2C1c1cccc(F)c1)C(=O)c1cccc([N+](=O)[O-])c1. The molecule has 2 aromatic carbocycles. The molecule has 1 aliphatic rings. The van der Waals surface area contributed by atoms with Gasteiger partial charge in [-0.15, -0.1) is 0 Å². The Hall–Kier alpha value is -4.01. The average molecular weight is 464 g/mol. The van der Waals surface area contributed by atoms with Crippen molar-refractivity contribution < 1.29 is 18.9 Å². The third kappa shape index (κ3) is 4.68. The number of carbonyl (C=O) groups excluding carboxylic acids is 2. The number of rotatable bonds is 7. The minimum absolute atomic E-state index is 0.157. The molecule has 0 aliphatic carbocycles. The van der Waals surface area contributed by atoms with E-state index in [-0.39, 0.29) is 29.5 Å². The van der Waals surface area contributed by atoms with E-state index < -0.39 is 16.9 Å². The first-order valence-corrected chi connectivity index (χ1v) is 11.1. The highest BCUT2D eigenvalue weighted by Crippen LogP contribution is 2.33. The zero-order valence-electron chi connectivity index (χ0n) is 18.8. The van der Waals surface area contributed by atoms with E-state index in [1.54, 1.807) is 17.0 Å². The van der Waals surface area contributed by atoms with E-state index in [9.17, 15) is 24.1 Å². The molecule has 1 atom stereocenters. The molecule has 34 heavy (non-hydrogen) atoms. The van der Waals surface area contributed by atoms with Crippen molar-refractivity contribution in [1.29, 1.82) is 0 Å². The number of non-ortho nitro benzene ring substituents is 1. The number of halogens is 1. The van der Waals surface area contributed by atoms with Crippen molar-refractivity contribution in [2.24, 2.45) is 0 Å². The first-order chi connectivity index (χ1) is 16.4. The van der Waals surface area contributed by atoms with Crippen LogP contribution in [0.4, 0.5) is 10.1 Å². The molecule has 0 saturated heterocycles. The summed E-state index contributed by atoms with van der Waals surface area (Å²) in [5.41, 5.74) is 1.50. The van der Waals surface area contributed by atoms with Crippen LogP contribution >= 0.6 is 0 Å². The molecule has 3 aromatic rings. The molecule has 0 bridgehead atoms. The number of nitrogens with zero attached hydrogens (tertiary/aromatic N) is 4. The lowest BCUT2D eigenvalue weighted by Gasteiger charge is -2.38. The summed E-state index contributed by atoms with van der Waals surface area (Å²) in [4.78, 5) is 40.3. The van der Waals surface area contributed by atoms with E-state index in [4.69, 9.17) is 0 Å². The Kier molecular flexibility index (Phi) is 6.72. The van der Waals surface area contributed by atoms with Gasteiger partial charge in [-0.05, 0) is 42.3 Å². The number of nitro benzene ring substituents is 1. The summed E-state index contributed by atoms with van der Waals surface area (Å²) < 4.78 is 16.1. The van der Waals surface area contributed by atoms with Crippen LogP contribution in [0.1, 0.15) is 41.0 Å². The monoisotopic (exact) mass is 464 g/mol. The fraction of sp³-hybridized carbons (Fsp3) is 0.280. The van der Waals surface area contributed by atoms with Gasteiger partial charge in [0, 0.05) is 49.2 Å². The van der Waals surface area contributed by atoms with Gasteiger partial charge in [0.05, 0.1) is 11.0 Å². The zero-order valence-corrected chi connectivity index (χ0v) is 18.8. The van der Waals surface area contributed by atoms with Crippen molar-refractivity contribution in [2.75, 3.05) is 19.6 Å². The lowest BCUT2D eigenvalue weighted by Crippen LogP contribution is -2.48. The van der Waals surface area contributed by atoms with E-state index in [0.717, 1.165) is 5.69 Å². The molecule has 9 heteroatoms. The molecule has 4 rings (SSSR count). The van der Waals surface area contributed by atoms with Crippen molar-refractivity contribution in [3.05, 3.63) is 99.6 Å². The maximum Gasteiger partial charge on any atom is 0.270 e. The molecule has 0 radical (unpaired) electrons. The molecule has 176 valence electrons. The maximum absolute atomic E-state index is 14.0. The second-order valence-corrected chi connectivity index (χ2v) is 8.21.